The van der Waals surface area contributed by atoms with E-state index in [1.54, 1.807) is 47.4 Å². The van der Waals surface area contributed by atoms with Crippen LogP contribution in [0.15, 0.2) is 67.5 Å². The minimum atomic E-state index is -0.951. The lowest BCUT2D eigenvalue weighted by Crippen LogP contribution is -2.44. The Balaban J connectivity index is 1.42. The molecule has 36 heavy (non-hydrogen) atoms. The molecule has 0 saturated carbocycles. The van der Waals surface area contributed by atoms with E-state index in [1.165, 1.54) is 12.1 Å². The Hall–Kier alpha value is -4.31. The first-order valence-corrected chi connectivity index (χ1v) is 11.5. The summed E-state index contributed by atoms with van der Waals surface area (Å²) in [4.78, 5) is 20.0. The molecule has 0 spiro atoms. The highest BCUT2D eigenvalue weighted by Crippen LogP contribution is 2.30. The quantitative estimate of drug-likeness (QED) is 0.393. The molecule has 10 heteroatoms. The van der Waals surface area contributed by atoms with Crippen LogP contribution >= 0.6 is 0 Å². The minimum Gasteiger partial charge on any atom is -0.367 e. The SMILES string of the molecule is C=CC(=O)Nc1cccc(-n2ncc3cnc(Nc4ccc(N5CCN(C)CC5)c(F)c4F)cc32)c1. The van der Waals surface area contributed by atoms with Gasteiger partial charge < -0.3 is 20.4 Å². The molecule has 0 radical (unpaired) electrons. The molecule has 1 aliphatic heterocycles. The van der Waals surface area contributed by atoms with E-state index < -0.39 is 11.6 Å². The van der Waals surface area contributed by atoms with Gasteiger partial charge >= 0.3 is 0 Å². The maximum Gasteiger partial charge on any atom is 0.247 e. The lowest BCUT2D eigenvalue weighted by molar-refractivity contribution is -0.111. The molecule has 0 unspecified atom stereocenters. The molecular weight excluding hydrogens is 464 g/mol. The average molecular weight is 490 g/mol. The summed E-state index contributed by atoms with van der Waals surface area (Å²) in [6.45, 7) is 6.33. The molecule has 5 rings (SSSR count). The maximum absolute atomic E-state index is 15.0. The number of rotatable bonds is 6. The second-order valence-electron chi connectivity index (χ2n) is 8.60. The smallest absolute Gasteiger partial charge is 0.247 e. The molecule has 8 nitrogen and oxygen atoms in total. The van der Waals surface area contributed by atoms with Crippen LogP contribution in [0.5, 0.6) is 0 Å². The van der Waals surface area contributed by atoms with E-state index in [0.717, 1.165) is 18.5 Å². The van der Waals surface area contributed by atoms with Gasteiger partial charge in [0.25, 0.3) is 0 Å². The van der Waals surface area contributed by atoms with Crippen molar-refractivity contribution in [1.82, 2.24) is 19.7 Å². The van der Waals surface area contributed by atoms with Crippen molar-refractivity contribution >= 4 is 39.7 Å². The number of nitrogens with one attached hydrogen (secondary N) is 2. The first kappa shape index (κ1) is 23.4. The summed E-state index contributed by atoms with van der Waals surface area (Å²) in [7, 11) is 2.01. The standard InChI is InChI=1S/C26H25F2N7O/c1-3-24(36)31-18-5-4-6-19(13-18)35-22-14-23(29-15-17(22)16-30-35)32-20-7-8-21(26(28)25(20)27)34-11-9-33(2)10-12-34/h3-8,13-16H,1,9-12H2,2H3,(H,29,32)(H,31,36). The lowest BCUT2D eigenvalue weighted by atomic mass is 10.2. The fourth-order valence-corrected chi connectivity index (χ4v) is 4.17. The Bertz CT molecular complexity index is 1440. The van der Waals surface area contributed by atoms with Crippen LogP contribution in [0.2, 0.25) is 0 Å². The van der Waals surface area contributed by atoms with Gasteiger partial charge in [-0.15, -0.1) is 0 Å². The molecule has 3 heterocycles. The fourth-order valence-electron chi connectivity index (χ4n) is 4.17. The number of hydrogen-bond acceptors (Lipinski definition) is 6. The van der Waals surface area contributed by atoms with Crippen molar-refractivity contribution in [2.75, 3.05) is 48.8 Å². The summed E-state index contributed by atoms with van der Waals surface area (Å²) in [5.74, 6) is -1.81. The number of nitrogens with zero attached hydrogens (tertiary/aromatic N) is 5. The summed E-state index contributed by atoms with van der Waals surface area (Å²) >= 11 is 0. The van der Waals surface area contributed by atoms with Crippen LogP contribution in [-0.2, 0) is 4.79 Å². The Morgan fingerprint density at radius 2 is 1.86 bits per heavy atom. The van der Waals surface area contributed by atoms with E-state index in [2.05, 4.69) is 32.2 Å². The van der Waals surface area contributed by atoms with Gasteiger partial charge in [-0.05, 0) is 43.5 Å². The number of benzene rings is 2. The molecule has 4 aromatic rings. The lowest BCUT2D eigenvalue weighted by Gasteiger charge is -2.34. The molecule has 184 valence electrons. The maximum atomic E-state index is 15.0. The van der Waals surface area contributed by atoms with Crippen molar-refractivity contribution in [3.05, 3.63) is 79.1 Å². The van der Waals surface area contributed by atoms with Gasteiger partial charge in [0.15, 0.2) is 11.6 Å². The van der Waals surface area contributed by atoms with Gasteiger partial charge in [-0.1, -0.05) is 12.6 Å². The van der Waals surface area contributed by atoms with Crippen LogP contribution in [-0.4, -0.2) is 58.8 Å². The van der Waals surface area contributed by atoms with Crippen molar-refractivity contribution < 1.29 is 13.6 Å². The van der Waals surface area contributed by atoms with Crippen molar-refractivity contribution in [1.29, 1.82) is 0 Å². The van der Waals surface area contributed by atoms with Crippen LogP contribution in [0, 0.1) is 11.6 Å². The molecule has 0 aliphatic carbocycles. The van der Waals surface area contributed by atoms with Crippen LogP contribution in [0.3, 0.4) is 0 Å². The van der Waals surface area contributed by atoms with Gasteiger partial charge in [0, 0.05) is 49.5 Å². The van der Waals surface area contributed by atoms with E-state index in [-0.39, 0.29) is 17.3 Å². The molecule has 2 aromatic heterocycles. The molecule has 0 bridgehead atoms. The third kappa shape index (κ3) is 4.63. The zero-order chi connectivity index (χ0) is 25.2. The first-order valence-electron chi connectivity index (χ1n) is 11.5. The number of anilines is 4. The monoisotopic (exact) mass is 489 g/mol. The van der Waals surface area contributed by atoms with E-state index in [9.17, 15) is 13.6 Å². The van der Waals surface area contributed by atoms with Crippen molar-refractivity contribution in [3.63, 3.8) is 0 Å². The average Bonchev–Trinajstić information content (AvgIpc) is 3.31. The molecule has 0 atom stereocenters. The predicted molar refractivity (Wildman–Crippen MR) is 137 cm³/mol. The fraction of sp³-hybridized carbons (Fsp3) is 0.192. The van der Waals surface area contributed by atoms with Crippen molar-refractivity contribution in [2.45, 2.75) is 0 Å². The van der Waals surface area contributed by atoms with E-state index in [4.69, 9.17) is 0 Å². The zero-order valence-corrected chi connectivity index (χ0v) is 19.7. The number of piperazine rings is 1. The highest BCUT2D eigenvalue weighted by Gasteiger charge is 2.21. The summed E-state index contributed by atoms with van der Waals surface area (Å²) in [6.07, 6.45) is 4.46. The number of pyridine rings is 1. The molecule has 2 N–H and O–H groups in total. The van der Waals surface area contributed by atoms with E-state index in [0.29, 0.717) is 35.8 Å². The summed E-state index contributed by atoms with van der Waals surface area (Å²) < 4.78 is 31.6. The van der Waals surface area contributed by atoms with Crippen molar-refractivity contribution in [2.24, 2.45) is 0 Å². The van der Waals surface area contributed by atoms with Crippen LogP contribution in [0.1, 0.15) is 0 Å². The van der Waals surface area contributed by atoms with E-state index in [1.807, 2.05) is 18.0 Å². The number of fused-ring (bicyclic) bond motifs is 1. The Kier molecular flexibility index (Phi) is 6.34. The number of carbonyl (C=O) groups excluding carboxylic acids is 1. The highest BCUT2D eigenvalue weighted by molar-refractivity contribution is 5.99. The van der Waals surface area contributed by atoms with Gasteiger partial charge in [0.05, 0.1) is 28.8 Å². The van der Waals surface area contributed by atoms with Gasteiger partial charge in [0.2, 0.25) is 5.91 Å². The topological polar surface area (TPSA) is 78.3 Å². The first-order chi connectivity index (χ1) is 17.4. The molecule has 1 aliphatic rings. The second kappa shape index (κ2) is 9.74. The summed E-state index contributed by atoms with van der Waals surface area (Å²) in [5, 5.41) is 10.8. The number of aromatic nitrogens is 3. The van der Waals surface area contributed by atoms with Gasteiger partial charge in [0.1, 0.15) is 5.82 Å². The largest absolute Gasteiger partial charge is 0.367 e. The third-order valence-corrected chi connectivity index (χ3v) is 6.16. The summed E-state index contributed by atoms with van der Waals surface area (Å²) in [6, 6.07) is 12.0. The number of likely N-dealkylation sites (N-methyl/N-ethyl adjacent to an activating group) is 1. The number of halogens is 2. The Morgan fingerprint density at radius 3 is 2.64 bits per heavy atom. The molecule has 2 aromatic carbocycles. The minimum absolute atomic E-state index is 0.00238. The highest BCUT2D eigenvalue weighted by atomic mass is 19.2. The van der Waals surface area contributed by atoms with E-state index >= 15 is 0 Å². The molecular formula is C26H25F2N7O. The molecule has 1 amide bonds. The molecule has 1 fully saturated rings. The Morgan fingerprint density at radius 1 is 1.06 bits per heavy atom. The van der Waals surface area contributed by atoms with Crippen LogP contribution < -0.4 is 15.5 Å². The number of carbonyl (C=O) groups is 1. The summed E-state index contributed by atoms with van der Waals surface area (Å²) in [5.41, 5.74) is 2.26. The Labute approximate surface area is 206 Å². The number of hydrogen-bond donors (Lipinski definition) is 2. The van der Waals surface area contributed by atoms with Gasteiger partial charge in [-0.3, -0.25) is 4.79 Å². The van der Waals surface area contributed by atoms with Crippen LogP contribution in [0.25, 0.3) is 16.6 Å². The zero-order valence-electron chi connectivity index (χ0n) is 19.7. The third-order valence-electron chi connectivity index (χ3n) is 6.16. The van der Waals surface area contributed by atoms with Gasteiger partial charge in [-0.25, -0.2) is 18.4 Å². The number of amides is 1. The molecule has 1 saturated heterocycles. The van der Waals surface area contributed by atoms with Crippen LogP contribution in [0.4, 0.5) is 31.7 Å². The predicted octanol–water partition coefficient (Wildman–Crippen LogP) is 4.32. The normalized spacial score (nSPS) is 14.1. The second-order valence-corrected chi connectivity index (χ2v) is 8.60. The van der Waals surface area contributed by atoms with Crippen molar-refractivity contribution in [3.8, 4) is 5.69 Å². The van der Waals surface area contributed by atoms with Gasteiger partial charge in [-0.2, -0.15) is 5.10 Å².